The number of ether oxygens (including phenoxy) is 1. The van der Waals surface area contributed by atoms with E-state index in [2.05, 4.69) is 15.0 Å². The molecule has 4 rings (SSSR count). The van der Waals surface area contributed by atoms with Crippen molar-refractivity contribution in [3.63, 3.8) is 0 Å². The van der Waals surface area contributed by atoms with Crippen molar-refractivity contribution in [3.05, 3.63) is 47.1 Å². The number of hydrogen-bond acceptors (Lipinski definition) is 6. The summed E-state index contributed by atoms with van der Waals surface area (Å²) in [6, 6.07) is 3.48. The Morgan fingerprint density at radius 2 is 2.04 bits per heavy atom. The zero-order chi connectivity index (χ0) is 19.0. The van der Waals surface area contributed by atoms with Crippen LogP contribution in [0.5, 0.6) is 0 Å². The van der Waals surface area contributed by atoms with E-state index in [0.717, 1.165) is 30.8 Å². The van der Waals surface area contributed by atoms with Crippen LogP contribution in [0.3, 0.4) is 0 Å². The molecular formula is C19H23F2N3O3. The van der Waals surface area contributed by atoms with Crippen LogP contribution in [-0.2, 0) is 10.3 Å². The number of piperidine rings is 1. The molecule has 0 spiro atoms. The molecule has 1 aliphatic carbocycles. The molecule has 2 aliphatic rings. The van der Waals surface area contributed by atoms with Gasteiger partial charge in [0.05, 0.1) is 6.10 Å². The standard InChI is InChI=1S/C19H23F2N3O3/c1-26-19(18-22-17(23-27-18)12-2-3-12)6-8-24(9-7-19)11-16(25)13-4-5-14(20)15(21)10-13/h4-5,10,12,16,25H,2-3,6-9,11H2,1H3/t16-/m1/s1. The molecule has 8 heteroatoms. The molecule has 0 unspecified atom stereocenters. The SMILES string of the molecule is COC1(c2nc(C3CC3)no2)CCN(C[C@@H](O)c2ccc(F)c(F)c2)CC1. The van der Waals surface area contributed by atoms with Crippen molar-refractivity contribution >= 4 is 0 Å². The number of methoxy groups -OCH3 is 1. The minimum Gasteiger partial charge on any atom is -0.387 e. The van der Waals surface area contributed by atoms with Gasteiger partial charge in [-0.1, -0.05) is 11.2 Å². The highest BCUT2D eigenvalue weighted by molar-refractivity contribution is 5.20. The molecule has 1 saturated heterocycles. The molecule has 1 aromatic heterocycles. The third-order valence-corrected chi connectivity index (χ3v) is 5.59. The first-order chi connectivity index (χ1) is 13.0. The lowest BCUT2D eigenvalue weighted by Gasteiger charge is -2.38. The average molecular weight is 379 g/mol. The summed E-state index contributed by atoms with van der Waals surface area (Å²) in [6.45, 7) is 1.66. The molecule has 146 valence electrons. The summed E-state index contributed by atoms with van der Waals surface area (Å²) in [5.74, 6) is -0.168. The van der Waals surface area contributed by atoms with E-state index in [1.807, 2.05) is 0 Å². The lowest BCUT2D eigenvalue weighted by Crippen LogP contribution is -2.45. The summed E-state index contributed by atoms with van der Waals surface area (Å²) >= 11 is 0. The summed E-state index contributed by atoms with van der Waals surface area (Å²) in [5.41, 5.74) is -0.243. The first-order valence-corrected chi connectivity index (χ1v) is 9.25. The Morgan fingerprint density at radius 1 is 1.30 bits per heavy atom. The second-order valence-electron chi connectivity index (χ2n) is 7.42. The van der Waals surface area contributed by atoms with Crippen LogP contribution in [0.2, 0.25) is 0 Å². The van der Waals surface area contributed by atoms with Crippen molar-refractivity contribution in [2.24, 2.45) is 0 Å². The van der Waals surface area contributed by atoms with E-state index in [1.54, 1.807) is 7.11 Å². The van der Waals surface area contributed by atoms with Gasteiger partial charge in [0.15, 0.2) is 17.5 Å². The summed E-state index contributed by atoms with van der Waals surface area (Å²) in [6.07, 6.45) is 2.63. The van der Waals surface area contributed by atoms with Crippen LogP contribution in [0.25, 0.3) is 0 Å². The number of benzene rings is 1. The van der Waals surface area contributed by atoms with E-state index in [1.165, 1.54) is 6.07 Å². The molecule has 27 heavy (non-hydrogen) atoms. The molecule has 6 nitrogen and oxygen atoms in total. The Morgan fingerprint density at radius 3 is 2.67 bits per heavy atom. The number of halogens is 2. The Bertz CT molecular complexity index is 801. The van der Waals surface area contributed by atoms with Crippen LogP contribution in [0.1, 0.15) is 55.0 Å². The largest absolute Gasteiger partial charge is 0.387 e. The first kappa shape index (κ1) is 18.5. The van der Waals surface area contributed by atoms with Gasteiger partial charge in [0.2, 0.25) is 0 Å². The number of likely N-dealkylation sites (tertiary alicyclic amines) is 1. The van der Waals surface area contributed by atoms with Gasteiger partial charge in [0.25, 0.3) is 5.89 Å². The fourth-order valence-electron chi connectivity index (χ4n) is 3.60. The number of β-amino-alcohol motifs (C(OH)–C–C–N with tert-alkyl or cyclic N) is 1. The molecule has 1 saturated carbocycles. The van der Waals surface area contributed by atoms with Crippen LogP contribution < -0.4 is 0 Å². The normalized spacial score (nSPS) is 21.3. The molecule has 0 radical (unpaired) electrons. The van der Waals surface area contributed by atoms with Crippen molar-refractivity contribution < 1.29 is 23.1 Å². The van der Waals surface area contributed by atoms with Crippen LogP contribution in [0, 0.1) is 11.6 Å². The highest BCUT2D eigenvalue weighted by Crippen LogP contribution is 2.41. The first-order valence-electron chi connectivity index (χ1n) is 9.25. The van der Waals surface area contributed by atoms with Crippen molar-refractivity contribution in [2.45, 2.75) is 43.3 Å². The topological polar surface area (TPSA) is 71.6 Å². The molecule has 2 aromatic rings. The minimum absolute atomic E-state index is 0.335. The Labute approximate surface area is 156 Å². The minimum atomic E-state index is -0.952. The number of nitrogens with zero attached hydrogens (tertiary/aromatic N) is 3. The molecule has 2 heterocycles. The quantitative estimate of drug-likeness (QED) is 0.832. The Balaban J connectivity index is 1.38. The van der Waals surface area contributed by atoms with Crippen LogP contribution in [0.15, 0.2) is 22.7 Å². The molecule has 0 amide bonds. The maximum Gasteiger partial charge on any atom is 0.258 e. The molecule has 1 aromatic carbocycles. The maximum absolute atomic E-state index is 13.4. The van der Waals surface area contributed by atoms with Gasteiger partial charge in [-0.2, -0.15) is 4.98 Å². The smallest absolute Gasteiger partial charge is 0.258 e. The van der Waals surface area contributed by atoms with Gasteiger partial charge < -0.3 is 19.3 Å². The van der Waals surface area contributed by atoms with Gasteiger partial charge in [-0.05, 0) is 43.4 Å². The van der Waals surface area contributed by atoms with Crippen molar-refractivity contribution in [2.75, 3.05) is 26.7 Å². The fraction of sp³-hybridized carbons (Fsp3) is 0.579. The van der Waals surface area contributed by atoms with Gasteiger partial charge in [-0.3, -0.25) is 0 Å². The lowest BCUT2D eigenvalue weighted by molar-refractivity contribution is -0.0866. The van der Waals surface area contributed by atoms with E-state index >= 15 is 0 Å². The van der Waals surface area contributed by atoms with Gasteiger partial charge in [0.1, 0.15) is 5.60 Å². The molecule has 1 aliphatic heterocycles. The monoisotopic (exact) mass is 379 g/mol. The van der Waals surface area contributed by atoms with Gasteiger partial charge in [0, 0.05) is 32.7 Å². The maximum atomic E-state index is 13.4. The van der Waals surface area contributed by atoms with Crippen molar-refractivity contribution in [3.8, 4) is 0 Å². The van der Waals surface area contributed by atoms with E-state index in [0.29, 0.717) is 49.8 Å². The summed E-state index contributed by atoms with van der Waals surface area (Å²) in [7, 11) is 1.65. The lowest BCUT2D eigenvalue weighted by atomic mass is 9.90. The number of rotatable bonds is 6. The predicted octanol–water partition coefficient (Wildman–Crippen LogP) is 2.90. The summed E-state index contributed by atoms with van der Waals surface area (Å²) in [4.78, 5) is 6.61. The molecule has 1 atom stereocenters. The highest BCUT2D eigenvalue weighted by atomic mass is 19.2. The Hall–Kier alpha value is -1.90. The third kappa shape index (κ3) is 3.74. The highest BCUT2D eigenvalue weighted by Gasteiger charge is 2.42. The van der Waals surface area contributed by atoms with Crippen LogP contribution in [0.4, 0.5) is 8.78 Å². The summed E-state index contributed by atoms with van der Waals surface area (Å²) in [5, 5.41) is 14.4. The molecule has 0 bridgehead atoms. The predicted molar refractivity (Wildman–Crippen MR) is 92.0 cm³/mol. The van der Waals surface area contributed by atoms with Crippen molar-refractivity contribution in [1.29, 1.82) is 0 Å². The zero-order valence-electron chi connectivity index (χ0n) is 15.2. The van der Waals surface area contributed by atoms with Crippen LogP contribution in [-0.4, -0.2) is 46.9 Å². The third-order valence-electron chi connectivity index (χ3n) is 5.59. The van der Waals surface area contributed by atoms with E-state index < -0.39 is 23.3 Å². The number of hydrogen-bond donors (Lipinski definition) is 1. The molecular weight excluding hydrogens is 356 g/mol. The van der Waals surface area contributed by atoms with Gasteiger partial charge in [-0.15, -0.1) is 0 Å². The van der Waals surface area contributed by atoms with Gasteiger partial charge in [-0.25, -0.2) is 8.78 Å². The van der Waals surface area contributed by atoms with E-state index in [4.69, 9.17) is 9.26 Å². The number of aliphatic hydroxyl groups is 1. The second kappa shape index (κ2) is 7.26. The Kier molecular flexibility index (Phi) is 4.96. The average Bonchev–Trinajstić information content (AvgIpc) is 3.41. The molecule has 2 fully saturated rings. The number of aromatic nitrogens is 2. The van der Waals surface area contributed by atoms with E-state index in [9.17, 15) is 13.9 Å². The van der Waals surface area contributed by atoms with E-state index in [-0.39, 0.29) is 0 Å². The van der Waals surface area contributed by atoms with Crippen LogP contribution >= 0.6 is 0 Å². The van der Waals surface area contributed by atoms with Crippen molar-refractivity contribution in [1.82, 2.24) is 15.0 Å². The molecule has 1 N–H and O–H groups in total. The summed E-state index contributed by atoms with van der Waals surface area (Å²) < 4.78 is 37.7. The second-order valence-corrected chi connectivity index (χ2v) is 7.42. The fourth-order valence-corrected chi connectivity index (χ4v) is 3.60. The van der Waals surface area contributed by atoms with Gasteiger partial charge >= 0.3 is 0 Å². The zero-order valence-corrected chi connectivity index (χ0v) is 15.2. The number of aliphatic hydroxyl groups excluding tert-OH is 1.